The van der Waals surface area contributed by atoms with Crippen molar-refractivity contribution in [1.82, 2.24) is 15.2 Å². The van der Waals surface area contributed by atoms with Gasteiger partial charge in [0.25, 0.3) is 0 Å². The highest BCUT2D eigenvalue weighted by Gasteiger charge is 2.17. The Morgan fingerprint density at radius 2 is 2.16 bits per heavy atom. The van der Waals surface area contributed by atoms with Gasteiger partial charge in [0.2, 0.25) is 5.91 Å². The first-order valence-electron chi connectivity index (χ1n) is 10.6. The fraction of sp³-hybridized carbons (Fsp3) is 0.524. The zero-order valence-electron chi connectivity index (χ0n) is 17.5. The maximum Gasteiger partial charge on any atom is 0.317 e. The molecule has 1 N–H and O–H groups in total. The number of anilines is 1. The molecule has 0 spiro atoms. The molecule has 1 aromatic heterocycles. The number of carbonyl (C=O) groups is 1. The Kier molecular flexibility index (Phi) is 7.46. The van der Waals surface area contributed by atoms with Crippen molar-refractivity contribution in [2.45, 2.75) is 25.5 Å². The van der Waals surface area contributed by atoms with Crippen LogP contribution in [0.15, 0.2) is 40.7 Å². The van der Waals surface area contributed by atoms with E-state index >= 15 is 0 Å². The Morgan fingerprint density at radius 3 is 3.00 bits per heavy atom. The van der Waals surface area contributed by atoms with E-state index in [0.717, 1.165) is 43.9 Å². The topological polar surface area (TPSA) is 101 Å². The highest BCUT2D eigenvalue weighted by Crippen LogP contribution is 2.16. The van der Waals surface area contributed by atoms with Crippen LogP contribution in [0.1, 0.15) is 18.4 Å². The van der Waals surface area contributed by atoms with Crippen LogP contribution in [0.5, 0.6) is 0 Å². The molecule has 2 fully saturated rings. The normalized spacial score (nSPS) is 26.0. The van der Waals surface area contributed by atoms with Crippen molar-refractivity contribution >= 4 is 24.1 Å². The van der Waals surface area contributed by atoms with E-state index in [1.165, 1.54) is 12.4 Å². The number of ether oxygens (including phenoxy) is 3. The lowest BCUT2D eigenvalue weighted by Crippen LogP contribution is -2.37. The van der Waals surface area contributed by atoms with Crippen LogP contribution in [-0.2, 0) is 25.5 Å². The standard InChI is InChI=1S/C21H28N6O4/c28-20-14-26(13-17-3-4-22-19(12-17)27-7-10-29-11-8-27)16-25-21(24-6-5-23-20)31-15-18-2-1-9-30-18/h3-6,12,16,18H,1-2,7-11,13-15H2,(H,23,28)/b6-5+,24-21-,25-16+. The van der Waals surface area contributed by atoms with Gasteiger partial charge in [0.1, 0.15) is 12.4 Å². The molecule has 10 nitrogen and oxygen atoms in total. The lowest BCUT2D eigenvalue weighted by Gasteiger charge is -2.28. The third-order valence-electron chi connectivity index (χ3n) is 5.13. The average molecular weight is 428 g/mol. The summed E-state index contributed by atoms with van der Waals surface area (Å²) in [6.07, 6.45) is 8.43. The molecule has 3 aliphatic rings. The summed E-state index contributed by atoms with van der Waals surface area (Å²) in [5, 5.41) is 2.70. The summed E-state index contributed by atoms with van der Waals surface area (Å²) < 4.78 is 16.7. The summed E-state index contributed by atoms with van der Waals surface area (Å²) in [5.41, 5.74) is 1.03. The van der Waals surface area contributed by atoms with E-state index in [-0.39, 0.29) is 24.6 Å². The van der Waals surface area contributed by atoms with Gasteiger partial charge in [-0.15, -0.1) is 0 Å². The molecule has 166 valence electrons. The van der Waals surface area contributed by atoms with E-state index in [4.69, 9.17) is 14.2 Å². The summed E-state index contributed by atoms with van der Waals surface area (Å²) in [7, 11) is 0. The van der Waals surface area contributed by atoms with E-state index in [1.54, 1.807) is 12.5 Å². The zero-order chi connectivity index (χ0) is 21.3. The molecule has 3 aliphatic heterocycles. The van der Waals surface area contributed by atoms with E-state index in [2.05, 4.69) is 25.2 Å². The fourth-order valence-corrected chi connectivity index (χ4v) is 3.54. The molecule has 0 saturated carbocycles. The number of aliphatic imine (C=N–C) groups is 2. The van der Waals surface area contributed by atoms with Gasteiger partial charge in [0.05, 0.1) is 32.2 Å². The number of aromatic nitrogens is 1. The van der Waals surface area contributed by atoms with Gasteiger partial charge in [-0.05, 0) is 30.5 Å². The number of amides is 1. The van der Waals surface area contributed by atoms with Crippen molar-refractivity contribution in [2.24, 2.45) is 9.98 Å². The number of nitrogens with one attached hydrogen (secondary N) is 1. The Hall–Kier alpha value is -2.98. The molecule has 0 radical (unpaired) electrons. The summed E-state index contributed by atoms with van der Waals surface area (Å²) in [6, 6.07) is 4.22. The zero-order valence-corrected chi connectivity index (χ0v) is 17.5. The molecule has 31 heavy (non-hydrogen) atoms. The summed E-state index contributed by atoms with van der Waals surface area (Å²) in [4.78, 5) is 29.3. The molecule has 2 saturated heterocycles. The second-order valence-corrected chi connectivity index (χ2v) is 7.51. The molecule has 1 unspecified atom stereocenters. The van der Waals surface area contributed by atoms with E-state index in [9.17, 15) is 4.79 Å². The molecule has 1 amide bonds. The predicted octanol–water partition coefficient (Wildman–Crippen LogP) is 0.901. The number of hydrogen-bond donors (Lipinski definition) is 1. The van der Waals surface area contributed by atoms with Crippen LogP contribution in [0, 0.1) is 0 Å². The van der Waals surface area contributed by atoms with Crippen LogP contribution in [-0.4, -0.2) is 80.3 Å². The third-order valence-corrected chi connectivity index (χ3v) is 5.13. The molecular weight excluding hydrogens is 400 g/mol. The predicted molar refractivity (Wildman–Crippen MR) is 116 cm³/mol. The Bertz CT molecular complexity index is 831. The first-order chi connectivity index (χ1) is 15.3. The van der Waals surface area contributed by atoms with E-state index in [0.29, 0.717) is 26.4 Å². The molecular formula is C21H28N6O4. The number of carbonyl (C=O) groups excluding carboxylic acids is 1. The maximum absolute atomic E-state index is 12.2. The van der Waals surface area contributed by atoms with Gasteiger partial charge in [0, 0.05) is 44.8 Å². The lowest BCUT2D eigenvalue weighted by atomic mass is 10.2. The van der Waals surface area contributed by atoms with Crippen molar-refractivity contribution < 1.29 is 19.0 Å². The van der Waals surface area contributed by atoms with Gasteiger partial charge in [-0.3, -0.25) is 4.79 Å². The van der Waals surface area contributed by atoms with Crippen molar-refractivity contribution in [2.75, 3.05) is 51.0 Å². The van der Waals surface area contributed by atoms with Gasteiger partial charge in [0.15, 0.2) is 0 Å². The molecule has 4 rings (SSSR count). The summed E-state index contributed by atoms with van der Waals surface area (Å²) in [5.74, 6) is 0.762. The second kappa shape index (κ2) is 10.9. The van der Waals surface area contributed by atoms with Gasteiger partial charge in [-0.2, -0.15) is 4.99 Å². The van der Waals surface area contributed by atoms with Crippen LogP contribution in [0.4, 0.5) is 5.82 Å². The Balaban J connectivity index is 1.43. The Labute approximate surface area is 181 Å². The number of rotatable bonds is 5. The number of hydrogen-bond acceptors (Lipinski definition) is 9. The van der Waals surface area contributed by atoms with Crippen LogP contribution in [0.3, 0.4) is 0 Å². The number of pyridine rings is 1. The molecule has 0 bridgehead atoms. The minimum atomic E-state index is -0.149. The van der Waals surface area contributed by atoms with Crippen molar-refractivity contribution in [3.05, 3.63) is 36.3 Å². The van der Waals surface area contributed by atoms with Crippen molar-refractivity contribution in [3.8, 4) is 0 Å². The highest BCUT2D eigenvalue weighted by atomic mass is 16.5. The highest BCUT2D eigenvalue weighted by molar-refractivity contribution is 5.86. The SMILES string of the molecule is O=C1CN(Cc2ccnc(N3CCOCC3)c2)/C=N/C(OCC2CCCO2)=N/C=C/N1. The molecule has 4 heterocycles. The number of amidine groups is 1. The lowest BCUT2D eigenvalue weighted by molar-refractivity contribution is -0.120. The third kappa shape index (κ3) is 6.50. The van der Waals surface area contributed by atoms with Gasteiger partial charge < -0.3 is 29.3 Å². The largest absolute Gasteiger partial charge is 0.461 e. The first kappa shape index (κ1) is 21.3. The summed E-state index contributed by atoms with van der Waals surface area (Å²) >= 11 is 0. The van der Waals surface area contributed by atoms with Crippen molar-refractivity contribution in [3.63, 3.8) is 0 Å². The van der Waals surface area contributed by atoms with Crippen LogP contribution in [0.2, 0.25) is 0 Å². The molecule has 0 aliphatic carbocycles. The smallest absolute Gasteiger partial charge is 0.317 e. The first-order valence-corrected chi connectivity index (χ1v) is 10.6. The quantitative estimate of drug-likeness (QED) is 0.744. The monoisotopic (exact) mass is 428 g/mol. The van der Waals surface area contributed by atoms with Gasteiger partial charge >= 0.3 is 6.02 Å². The van der Waals surface area contributed by atoms with Gasteiger partial charge in [-0.25, -0.2) is 9.98 Å². The molecule has 10 heteroatoms. The van der Waals surface area contributed by atoms with Crippen molar-refractivity contribution in [1.29, 1.82) is 0 Å². The van der Waals surface area contributed by atoms with Crippen LogP contribution in [0.25, 0.3) is 0 Å². The number of morpholine rings is 1. The molecule has 0 aromatic carbocycles. The van der Waals surface area contributed by atoms with E-state index in [1.807, 2.05) is 17.0 Å². The fourth-order valence-electron chi connectivity index (χ4n) is 3.54. The second-order valence-electron chi connectivity index (χ2n) is 7.51. The minimum Gasteiger partial charge on any atom is -0.461 e. The summed E-state index contributed by atoms with van der Waals surface area (Å²) in [6.45, 7) is 4.86. The van der Waals surface area contributed by atoms with Gasteiger partial charge in [-0.1, -0.05) is 0 Å². The van der Waals surface area contributed by atoms with E-state index < -0.39 is 0 Å². The van der Waals surface area contributed by atoms with Crippen LogP contribution >= 0.6 is 0 Å². The number of nitrogens with zero attached hydrogens (tertiary/aromatic N) is 5. The minimum absolute atomic E-state index is 0.0727. The Morgan fingerprint density at radius 1 is 1.26 bits per heavy atom. The average Bonchev–Trinajstić information content (AvgIpc) is 3.32. The maximum atomic E-state index is 12.2. The molecule has 1 atom stereocenters. The van der Waals surface area contributed by atoms with Crippen LogP contribution < -0.4 is 10.2 Å². The molecule has 1 aromatic rings.